The van der Waals surface area contributed by atoms with Crippen LogP contribution >= 0.6 is 11.8 Å². The Morgan fingerprint density at radius 1 is 1.36 bits per heavy atom. The molecule has 2 rings (SSSR count). The molecule has 0 atom stereocenters. The van der Waals surface area contributed by atoms with Gasteiger partial charge in [-0.15, -0.1) is 0 Å². The van der Waals surface area contributed by atoms with Crippen LogP contribution in [0.25, 0.3) is 0 Å². The number of benzene rings is 1. The summed E-state index contributed by atoms with van der Waals surface area (Å²) in [6, 6.07) is 7.63. The van der Waals surface area contributed by atoms with E-state index in [2.05, 4.69) is 20.5 Å². The van der Waals surface area contributed by atoms with Crippen LogP contribution in [-0.4, -0.2) is 32.8 Å². The zero-order valence-electron chi connectivity index (χ0n) is 11.2. The molecule has 1 heterocycles. The highest BCUT2D eigenvalue weighted by Gasteiger charge is 2.05. The summed E-state index contributed by atoms with van der Waals surface area (Å²) in [5.41, 5.74) is 2.82. The maximum Gasteiger partial charge on any atom is 0.270 e. The minimum absolute atomic E-state index is 0.0351. The number of aromatic nitrogens is 2. The molecular weight excluding hydrogens is 306 g/mol. The Morgan fingerprint density at radius 2 is 2.14 bits per heavy atom. The molecular formula is C13H11N5O3S. The number of non-ortho nitro benzene ring substituents is 1. The fourth-order valence-electron chi connectivity index (χ4n) is 1.42. The van der Waals surface area contributed by atoms with E-state index in [1.807, 2.05) is 0 Å². The summed E-state index contributed by atoms with van der Waals surface area (Å²) in [7, 11) is 0. The van der Waals surface area contributed by atoms with Crippen LogP contribution in [0, 0.1) is 10.1 Å². The molecule has 0 aliphatic heterocycles. The molecule has 0 saturated carbocycles. The van der Waals surface area contributed by atoms with E-state index in [1.54, 1.807) is 30.6 Å². The lowest BCUT2D eigenvalue weighted by Crippen LogP contribution is -2.19. The van der Waals surface area contributed by atoms with Crippen molar-refractivity contribution < 1.29 is 9.72 Å². The molecule has 0 aliphatic rings. The third-order valence-electron chi connectivity index (χ3n) is 2.36. The van der Waals surface area contributed by atoms with Crippen molar-refractivity contribution in [1.82, 2.24) is 15.4 Å². The van der Waals surface area contributed by atoms with E-state index < -0.39 is 4.92 Å². The summed E-state index contributed by atoms with van der Waals surface area (Å²) in [6.07, 6.45) is 4.52. The third-order valence-corrected chi connectivity index (χ3v) is 3.23. The van der Waals surface area contributed by atoms with Gasteiger partial charge in [0.15, 0.2) is 5.16 Å². The van der Waals surface area contributed by atoms with Crippen molar-refractivity contribution in [2.45, 2.75) is 5.16 Å². The summed E-state index contributed by atoms with van der Waals surface area (Å²) in [5.74, 6) is -0.199. The standard InChI is InChI=1S/C13H11N5O3S/c19-12(9-22-13-14-5-2-6-15-13)17-16-8-10-3-1-4-11(7-10)18(20)21/h1-8H,9H2,(H,17,19). The number of rotatable bonds is 6. The van der Waals surface area contributed by atoms with Crippen molar-refractivity contribution in [2.75, 3.05) is 5.75 Å². The minimum atomic E-state index is -0.494. The van der Waals surface area contributed by atoms with E-state index in [9.17, 15) is 14.9 Å². The van der Waals surface area contributed by atoms with Crippen LogP contribution in [0.1, 0.15) is 5.56 Å². The van der Waals surface area contributed by atoms with Gasteiger partial charge < -0.3 is 0 Å². The smallest absolute Gasteiger partial charge is 0.270 e. The first kappa shape index (κ1) is 15.6. The summed E-state index contributed by atoms with van der Waals surface area (Å²) in [6.45, 7) is 0. The monoisotopic (exact) mass is 317 g/mol. The second-order valence-electron chi connectivity index (χ2n) is 3.97. The van der Waals surface area contributed by atoms with Gasteiger partial charge in [0.2, 0.25) is 0 Å². The highest BCUT2D eigenvalue weighted by atomic mass is 32.2. The van der Waals surface area contributed by atoms with Crippen molar-refractivity contribution >= 4 is 29.6 Å². The van der Waals surface area contributed by atoms with Gasteiger partial charge in [-0.05, 0) is 6.07 Å². The van der Waals surface area contributed by atoms with E-state index in [0.29, 0.717) is 10.7 Å². The average molecular weight is 317 g/mol. The molecule has 22 heavy (non-hydrogen) atoms. The Kier molecular flexibility index (Phi) is 5.55. The fraction of sp³-hybridized carbons (Fsp3) is 0.0769. The lowest BCUT2D eigenvalue weighted by Gasteiger charge is -1.99. The van der Waals surface area contributed by atoms with Gasteiger partial charge in [-0.2, -0.15) is 5.10 Å². The van der Waals surface area contributed by atoms with Crippen molar-refractivity contribution in [3.8, 4) is 0 Å². The molecule has 0 unspecified atom stereocenters. The number of hydrogen-bond donors (Lipinski definition) is 1. The molecule has 2 aromatic rings. The largest absolute Gasteiger partial charge is 0.272 e. The number of nitrogens with zero attached hydrogens (tertiary/aromatic N) is 4. The topological polar surface area (TPSA) is 110 Å². The predicted octanol–water partition coefficient (Wildman–Crippen LogP) is 1.63. The first-order valence-corrected chi connectivity index (χ1v) is 7.10. The lowest BCUT2D eigenvalue weighted by atomic mass is 10.2. The maximum atomic E-state index is 11.6. The van der Waals surface area contributed by atoms with Crippen LogP contribution in [0.3, 0.4) is 0 Å². The molecule has 0 radical (unpaired) electrons. The Bertz CT molecular complexity index is 693. The molecule has 1 N–H and O–H groups in total. The molecule has 0 bridgehead atoms. The van der Waals surface area contributed by atoms with Gasteiger partial charge in [-0.3, -0.25) is 14.9 Å². The number of hydrogen-bond acceptors (Lipinski definition) is 7. The van der Waals surface area contributed by atoms with Gasteiger partial charge in [-0.25, -0.2) is 15.4 Å². The van der Waals surface area contributed by atoms with Crippen molar-refractivity contribution in [1.29, 1.82) is 0 Å². The number of carbonyl (C=O) groups excluding carboxylic acids is 1. The molecule has 112 valence electrons. The number of carbonyl (C=O) groups is 1. The zero-order valence-corrected chi connectivity index (χ0v) is 12.1. The summed E-state index contributed by atoms with van der Waals surface area (Å²) >= 11 is 1.18. The molecule has 8 nitrogen and oxygen atoms in total. The average Bonchev–Trinajstić information content (AvgIpc) is 2.54. The maximum absolute atomic E-state index is 11.6. The quantitative estimate of drug-likeness (QED) is 0.285. The van der Waals surface area contributed by atoms with Gasteiger partial charge in [0, 0.05) is 30.1 Å². The van der Waals surface area contributed by atoms with Crippen LogP contribution in [-0.2, 0) is 4.79 Å². The third kappa shape index (κ3) is 4.94. The highest BCUT2D eigenvalue weighted by molar-refractivity contribution is 7.99. The Labute approximate surface area is 129 Å². The first-order valence-electron chi connectivity index (χ1n) is 6.11. The lowest BCUT2D eigenvalue weighted by molar-refractivity contribution is -0.384. The molecule has 0 saturated heterocycles. The van der Waals surface area contributed by atoms with Crippen LogP contribution < -0.4 is 5.43 Å². The van der Waals surface area contributed by atoms with E-state index in [0.717, 1.165) is 0 Å². The number of nitro benzene ring substituents is 1. The molecule has 9 heteroatoms. The summed E-state index contributed by atoms with van der Waals surface area (Å²) in [4.78, 5) is 29.7. The predicted molar refractivity (Wildman–Crippen MR) is 81.6 cm³/mol. The normalized spacial score (nSPS) is 10.5. The van der Waals surface area contributed by atoms with Gasteiger partial charge in [0.05, 0.1) is 16.9 Å². The molecule has 1 amide bonds. The van der Waals surface area contributed by atoms with Crippen LogP contribution in [0.4, 0.5) is 5.69 Å². The number of thioether (sulfide) groups is 1. The van der Waals surface area contributed by atoms with E-state index in [4.69, 9.17) is 0 Å². The zero-order chi connectivity index (χ0) is 15.8. The van der Waals surface area contributed by atoms with Gasteiger partial charge >= 0.3 is 0 Å². The molecule has 1 aromatic carbocycles. The first-order chi connectivity index (χ1) is 10.6. The highest BCUT2D eigenvalue weighted by Crippen LogP contribution is 2.11. The van der Waals surface area contributed by atoms with E-state index in [-0.39, 0.29) is 17.3 Å². The van der Waals surface area contributed by atoms with Gasteiger partial charge in [0.25, 0.3) is 11.6 Å². The SMILES string of the molecule is O=C(CSc1ncccn1)NN=Cc1cccc([N+](=O)[O-])c1. The van der Waals surface area contributed by atoms with E-state index in [1.165, 1.54) is 30.1 Å². The van der Waals surface area contributed by atoms with Crippen LogP contribution in [0.2, 0.25) is 0 Å². The van der Waals surface area contributed by atoms with Crippen molar-refractivity contribution in [3.63, 3.8) is 0 Å². The summed E-state index contributed by atoms with van der Waals surface area (Å²) in [5, 5.41) is 14.9. The number of nitro groups is 1. The minimum Gasteiger partial charge on any atom is -0.272 e. The van der Waals surface area contributed by atoms with E-state index >= 15 is 0 Å². The molecule has 0 fully saturated rings. The second kappa shape index (κ2) is 7.84. The number of nitrogens with one attached hydrogen (secondary N) is 1. The Morgan fingerprint density at radius 3 is 2.86 bits per heavy atom. The number of amides is 1. The second-order valence-corrected chi connectivity index (χ2v) is 4.91. The van der Waals surface area contributed by atoms with Crippen molar-refractivity contribution in [3.05, 3.63) is 58.4 Å². The Balaban J connectivity index is 1.83. The van der Waals surface area contributed by atoms with Crippen molar-refractivity contribution in [2.24, 2.45) is 5.10 Å². The summed E-state index contributed by atoms with van der Waals surface area (Å²) < 4.78 is 0. The number of hydrazone groups is 1. The van der Waals surface area contributed by atoms with Gasteiger partial charge in [0.1, 0.15) is 0 Å². The van der Waals surface area contributed by atoms with Crippen LogP contribution in [0.5, 0.6) is 0 Å². The fourth-order valence-corrected chi connectivity index (χ4v) is 2.02. The molecule has 0 spiro atoms. The van der Waals surface area contributed by atoms with Gasteiger partial charge in [-0.1, -0.05) is 23.9 Å². The Hall–Kier alpha value is -2.81. The van der Waals surface area contributed by atoms with Crippen LogP contribution in [0.15, 0.2) is 53.0 Å². The molecule has 0 aliphatic carbocycles. The molecule has 1 aromatic heterocycles.